The molecule has 1 aromatic heterocycles. The molecule has 2 aliphatic rings. The van der Waals surface area contributed by atoms with Gasteiger partial charge in [-0.25, -0.2) is 4.98 Å². The van der Waals surface area contributed by atoms with E-state index in [-0.39, 0.29) is 0 Å². The lowest BCUT2D eigenvalue weighted by Crippen LogP contribution is -2.27. The molecule has 4 rings (SSSR count). The fourth-order valence-corrected chi connectivity index (χ4v) is 4.40. The molecule has 0 bridgehead atoms. The predicted octanol–water partition coefficient (Wildman–Crippen LogP) is 3.53. The normalized spacial score (nSPS) is 22.2. The highest BCUT2D eigenvalue weighted by atomic mass is 15.1. The molecule has 2 aromatic rings. The van der Waals surface area contributed by atoms with Crippen molar-refractivity contribution in [2.24, 2.45) is 11.7 Å². The van der Waals surface area contributed by atoms with E-state index >= 15 is 0 Å². The van der Waals surface area contributed by atoms with Gasteiger partial charge in [-0.2, -0.15) is 4.98 Å². The number of aryl methyl sites for hydroxylation is 1. The fourth-order valence-electron chi connectivity index (χ4n) is 4.40. The molecule has 1 saturated carbocycles. The summed E-state index contributed by atoms with van der Waals surface area (Å²) in [5.41, 5.74) is 16.9. The first-order valence-corrected chi connectivity index (χ1v) is 9.95. The molecule has 1 fully saturated rings. The Morgan fingerprint density at radius 1 is 1.04 bits per heavy atom. The first kappa shape index (κ1) is 17.3. The molecular weight excluding hydrogens is 322 g/mol. The van der Waals surface area contributed by atoms with Crippen LogP contribution in [0.2, 0.25) is 0 Å². The molecule has 0 saturated heterocycles. The van der Waals surface area contributed by atoms with Crippen molar-refractivity contribution in [2.75, 3.05) is 17.6 Å². The monoisotopic (exact) mass is 351 g/mol. The van der Waals surface area contributed by atoms with Crippen LogP contribution in [0.5, 0.6) is 0 Å². The fraction of sp³-hybridized carbons (Fsp3) is 0.524. The predicted molar refractivity (Wildman–Crippen MR) is 107 cm³/mol. The summed E-state index contributed by atoms with van der Waals surface area (Å²) in [5.74, 6) is 2.06. The summed E-state index contributed by atoms with van der Waals surface area (Å²) in [4.78, 5) is 9.13. The van der Waals surface area contributed by atoms with Crippen LogP contribution < -0.4 is 16.8 Å². The highest BCUT2D eigenvalue weighted by Crippen LogP contribution is 2.34. The van der Waals surface area contributed by atoms with Crippen molar-refractivity contribution < 1.29 is 0 Å². The van der Waals surface area contributed by atoms with Gasteiger partial charge in [-0.05, 0) is 62.8 Å². The Balaban J connectivity index is 1.52. The molecule has 1 aromatic carbocycles. The van der Waals surface area contributed by atoms with Crippen LogP contribution in [-0.4, -0.2) is 22.6 Å². The van der Waals surface area contributed by atoms with Gasteiger partial charge in [-0.1, -0.05) is 24.3 Å². The van der Waals surface area contributed by atoms with Crippen molar-refractivity contribution in [1.82, 2.24) is 9.97 Å². The number of nitrogen functional groups attached to an aromatic ring is 1. The minimum Gasteiger partial charge on any atom is -0.370 e. The van der Waals surface area contributed by atoms with Crippen LogP contribution in [0.1, 0.15) is 49.7 Å². The van der Waals surface area contributed by atoms with Gasteiger partial charge < -0.3 is 16.8 Å². The van der Waals surface area contributed by atoms with Crippen LogP contribution >= 0.6 is 0 Å². The first-order chi connectivity index (χ1) is 12.7. The molecule has 5 N–H and O–H groups in total. The van der Waals surface area contributed by atoms with Crippen LogP contribution in [-0.2, 0) is 12.8 Å². The number of nitrogens with one attached hydrogen (secondary N) is 1. The maximum absolute atomic E-state index is 6.04. The summed E-state index contributed by atoms with van der Waals surface area (Å²) < 4.78 is 0. The smallest absolute Gasteiger partial charge is 0.222 e. The molecule has 138 valence electrons. The molecule has 0 unspecified atom stereocenters. The summed E-state index contributed by atoms with van der Waals surface area (Å²) in [6, 6.07) is 8.94. The Morgan fingerprint density at radius 2 is 1.85 bits per heavy atom. The quantitative estimate of drug-likeness (QED) is 0.784. The van der Waals surface area contributed by atoms with Gasteiger partial charge in [0.05, 0.1) is 5.69 Å². The second-order valence-electron chi connectivity index (χ2n) is 7.76. The number of aromatic nitrogens is 2. The Kier molecular flexibility index (Phi) is 5.07. The zero-order valence-corrected chi connectivity index (χ0v) is 15.4. The number of nitrogens with two attached hydrogens (primary N) is 2. The van der Waals surface area contributed by atoms with Crippen LogP contribution in [0.15, 0.2) is 24.3 Å². The number of fused-ring (bicyclic) bond motifs is 3. The summed E-state index contributed by atoms with van der Waals surface area (Å²) in [6.07, 6.45) is 9.18. The average molecular weight is 351 g/mol. The largest absolute Gasteiger partial charge is 0.370 e. The van der Waals surface area contributed by atoms with Gasteiger partial charge >= 0.3 is 0 Å². The van der Waals surface area contributed by atoms with Crippen molar-refractivity contribution in [1.29, 1.82) is 0 Å². The lowest BCUT2D eigenvalue weighted by atomic mass is 9.84. The number of hydrogen-bond acceptors (Lipinski definition) is 5. The van der Waals surface area contributed by atoms with Crippen molar-refractivity contribution in [3.05, 3.63) is 35.4 Å². The van der Waals surface area contributed by atoms with E-state index in [0.717, 1.165) is 56.1 Å². The first-order valence-electron chi connectivity index (χ1n) is 9.95. The lowest BCUT2D eigenvalue weighted by Gasteiger charge is -2.26. The third-order valence-corrected chi connectivity index (χ3v) is 5.91. The van der Waals surface area contributed by atoms with Gasteiger partial charge in [-0.3, -0.25) is 0 Å². The number of anilines is 2. The van der Waals surface area contributed by atoms with E-state index in [0.29, 0.717) is 12.0 Å². The maximum atomic E-state index is 6.04. The lowest BCUT2D eigenvalue weighted by molar-refractivity contribution is 0.316. The second-order valence-corrected chi connectivity index (χ2v) is 7.76. The molecule has 0 atom stereocenters. The highest BCUT2D eigenvalue weighted by Gasteiger charge is 2.21. The number of rotatable bonds is 4. The van der Waals surface area contributed by atoms with Crippen LogP contribution in [0.4, 0.5) is 11.8 Å². The van der Waals surface area contributed by atoms with E-state index in [2.05, 4.69) is 39.6 Å². The summed E-state index contributed by atoms with van der Waals surface area (Å²) in [5, 5.41) is 3.57. The van der Waals surface area contributed by atoms with Crippen LogP contribution in [0.25, 0.3) is 11.3 Å². The summed E-state index contributed by atoms with van der Waals surface area (Å²) >= 11 is 0. The minimum atomic E-state index is 0.353. The molecule has 0 radical (unpaired) electrons. The van der Waals surface area contributed by atoms with E-state index in [1.807, 2.05) is 0 Å². The molecule has 1 heterocycles. The molecule has 2 aliphatic carbocycles. The number of benzene rings is 1. The average Bonchev–Trinajstić information content (AvgIpc) is 2.83. The van der Waals surface area contributed by atoms with Gasteiger partial charge in [0.2, 0.25) is 5.95 Å². The molecule has 0 spiro atoms. The molecule has 0 aliphatic heterocycles. The Labute approximate surface area is 155 Å². The van der Waals surface area contributed by atoms with Gasteiger partial charge in [0.1, 0.15) is 5.82 Å². The summed E-state index contributed by atoms with van der Waals surface area (Å²) in [6.45, 7) is 0.935. The Bertz CT molecular complexity index is 765. The van der Waals surface area contributed by atoms with Gasteiger partial charge in [0.15, 0.2) is 0 Å². The Hall–Kier alpha value is -2.14. The van der Waals surface area contributed by atoms with E-state index in [1.54, 1.807) is 0 Å². The number of nitrogens with zero attached hydrogens (tertiary/aromatic N) is 2. The SMILES string of the molecule is Nc1nc(NCCC2CCC(N)CC2)c2c(n1)-c1ccccc1CCC2. The summed E-state index contributed by atoms with van der Waals surface area (Å²) in [7, 11) is 0. The third kappa shape index (κ3) is 3.68. The zero-order valence-electron chi connectivity index (χ0n) is 15.4. The molecular formula is C21H29N5. The molecule has 5 nitrogen and oxygen atoms in total. The van der Waals surface area contributed by atoms with E-state index in [9.17, 15) is 0 Å². The van der Waals surface area contributed by atoms with Crippen LogP contribution in [0.3, 0.4) is 0 Å². The topological polar surface area (TPSA) is 89.8 Å². The zero-order chi connectivity index (χ0) is 17.9. The van der Waals surface area contributed by atoms with E-state index in [1.165, 1.54) is 36.0 Å². The van der Waals surface area contributed by atoms with Gasteiger partial charge in [0.25, 0.3) is 0 Å². The minimum absolute atomic E-state index is 0.353. The maximum Gasteiger partial charge on any atom is 0.222 e. The molecule has 0 amide bonds. The standard InChI is InChI=1S/C21H29N5/c22-16-10-8-14(9-11-16)12-13-24-20-18-7-3-5-15-4-1-2-6-17(15)19(18)25-21(23)26-20/h1-2,4,6,14,16H,3,5,7-13,22H2,(H3,23,24,25,26). The Morgan fingerprint density at radius 3 is 2.69 bits per heavy atom. The number of hydrogen-bond donors (Lipinski definition) is 3. The van der Waals surface area contributed by atoms with Crippen molar-refractivity contribution in [3.63, 3.8) is 0 Å². The van der Waals surface area contributed by atoms with E-state index in [4.69, 9.17) is 11.5 Å². The molecule has 26 heavy (non-hydrogen) atoms. The second kappa shape index (κ2) is 7.62. The van der Waals surface area contributed by atoms with Gasteiger partial charge in [0, 0.05) is 23.7 Å². The van der Waals surface area contributed by atoms with Crippen molar-refractivity contribution >= 4 is 11.8 Å². The third-order valence-electron chi connectivity index (χ3n) is 5.91. The van der Waals surface area contributed by atoms with Crippen molar-refractivity contribution in [3.8, 4) is 11.3 Å². The molecule has 5 heteroatoms. The van der Waals surface area contributed by atoms with Crippen LogP contribution in [0, 0.1) is 5.92 Å². The van der Waals surface area contributed by atoms with Gasteiger partial charge in [-0.15, -0.1) is 0 Å². The van der Waals surface area contributed by atoms with E-state index < -0.39 is 0 Å². The van der Waals surface area contributed by atoms with Crippen molar-refractivity contribution in [2.45, 2.75) is 57.4 Å². The highest BCUT2D eigenvalue weighted by molar-refractivity contribution is 5.73.